The van der Waals surface area contributed by atoms with Gasteiger partial charge in [-0.05, 0) is 24.5 Å². The predicted molar refractivity (Wildman–Crippen MR) is 117 cm³/mol. The summed E-state index contributed by atoms with van der Waals surface area (Å²) >= 11 is 0. The van der Waals surface area contributed by atoms with E-state index in [-0.39, 0.29) is 6.42 Å². The van der Waals surface area contributed by atoms with Crippen LogP contribution >= 0.6 is 0 Å². The van der Waals surface area contributed by atoms with Gasteiger partial charge in [-0.3, -0.25) is 4.79 Å². The number of nitrogens with one attached hydrogen (secondary N) is 1. The molecule has 0 aliphatic heterocycles. The van der Waals surface area contributed by atoms with Gasteiger partial charge in [0.15, 0.2) is 0 Å². The van der Waals surface area contributed by atoms with Gasteiger partial charge in [0.1, 0.15) is 0 Å². The van der Waals surface area contributed by atoms with E-state index in [1.807, 2.05) is 60.7 Å². The van der Waals surface area contributed by atoms with Crippen LogP contribution in [-0.2, 0) is 25.5 Å². The highest BCUT2D eigenvalue weighted by Gasteiger charge is 2.52. The fraction of sp³-hybridized carbons (Fsp3) is 0.360. The summed E-state index contributed by atoms with van der Waals surface area (Å²) in [6.07, 6.45) is 0.854. The van der Waals surface area contributed by atoms with E-state index in [1.54, 1.807) is 6.92 Å². The van der Waals surface area contributed by atoms with Gasteiger partial charge in [-0.15, -0.1) is 0 Å². The number of rotatable bonds is 7. The Morgan fingerprint density at radius 3 is 2.23 bits per heavy atom. The maximum atomic E-state index is 12.9. The summed E-state index contributed by atoms with van der Waals surface area (Å²) in [4.78, 5) is 25.7. The average molecular weight is 424 g/mol. The quantitative estimate of drug-likeness (QED) is 0.666. The van der Waals surface area contributed by atoms with E-state index < -0.39 is 29.4 Å². The third-order valence-corrected chi connectivity index (χ3v) is 5.79. The van der Waals surface area contributed by atoms with Gasteiger partial charge in [0.25, 0.3) is 0 Å². The van der Waals surface area contributed by atoms with Crippen molar-refractivity contribution in [2.24, 2.45) is 5.92 Å². The third-order valence-electron chi connectivity index (χ3n) is 5.79. The fourth-order valence-corrected chi connectivity index (χ4v) is 4.33. The Bertz CT molecular complexity index is 937. The second kappa shape index (κ2) is 9.79. The molecule has 0 spiro atoms. The Kier molecular flexibility index (Phi) is 7.13. The molecule has 0 bridgehead atoms. The van der Waals surface area contributed by atoms with Crippen LogP contribution in [0.25, 0.3) is 0 Å². The summed E-state index contributed by atoms with van der Waals surface area (Å²) in [7, 11) is 2.61. The molecule has 6 heteroatoms. The van der Waals surface area contributed by atoms with Crippen LogP contribution in [0.1, 0.15) is 30.4 Å². The van der Waals surface area contributed by atoms with Gasteiger partial charge >= 0.3 is 11.9 Å². The largest absolute Gasteiger partial charge is 0.469 e. The van der Waals surface area contributed by atoms with E-state index in [1.165, 1.54) is 14.2 Å². The molecule has 0 saturated heterocycles. The summed E-state index contributed by atoms with van der Waals surface area (Å²) < 4.78 is 10.1. The van der Waals surface area contributed by atoms with Crippen molar-refractivity contribution in [3.63, 3.8) is 0 Å². The van der Waals surface area contributed by atoms with Gasteiger partial charge in [0.2, 0.25) is 0 Å². The lowest BCUT2D eigenvalue weighted by Crippen LogP contribution is -2.50. The number of esters is 2. The normalized spacial score (nSPS) is 23.2. The summed E-state index contributed by atoms with van der Waals surface area (Å²) in [6.45, 7) is 2.18. The molecule has 0 unspecified atom stereocenters. The lowest BCUT2D eigenvalue weighted by molar-refractivity contribution is -0.157. The maximum absolute atomic E-state index is 12.9. The van der Waals surface area contributed by atoms with Crippen molar-refractivity contribution in [3.8, 4) is 0 Å². The van der Waals surface area contributed by atoms with Crippen LogP contribution in [0, 0.1) is 5.92 Å². The zero-order chi connectivity index (χ0) is 22.4. The second-order valence-electron chi connectivity index (χ2n) is 7.97. The van der Waals surface area contributed by atoms with Crippen LogP contribution in [0.5, 0.6) is 0 Å². The Morgan fingerprint density at radius 2 is 1.65 bits per heavy atom. The molecule has 6 nitrogen and oxygen atoms in total. The number of carbonyl (C=O) groups excluding carboxylic acids is 2. The minimum Gasteiger partial charge on any atom is -0.469 e. The highest BCUT2D eigenvalue weighted by atomic mass is 16.5. The average Bonchev–Trinajstić information content (AvgIpc) is 2.78. The zero-order valence-electron chi connectivity index (χ0n) is 18.1. The Balaban J connectivity index is 2.04. The Hall–Kier alpha value is -3.12. The topological polar surface area (TPSA) is 84.9 Å². The van der Waals surface area contributed by atoms with E-state index in [2.05, 4.69) is 5.32 Å². The van der Waals surface area contributed by atoms with Gasteiger partial charge in [0.05, 0.1) is 31.3 Å². The maximum Gasteiger partial charge on any atom is 0.336 e. The molecule has 0 saturated carbocycles. The number of aliphatic hydroxyl groups is 1. The van der Waals surface area contributed by atoms with Crippen LogP contribution in [0.4, 0.5) is 0 Å². The van der Waals surface area contributed by atoms with E-state index in [9.17, 15) is 14.7 Å². The molecule has 0 fully saturated rings. The van der Waals surface area contributed by atoms with Gasteiger partial charge in [0, 0.05) is 24.6 Å². The monoisotopic (exact) mass is 423 g/mol. The van der Waals surface area contributed by atoms with Gasteiger partial charge in [-0.2, -0.15) is 0 Å². The smallest absolute Gasteiger partial charge is 0.336 e. The summed E-state index contributed by atoms with van der Waals surface area (Å²) in [5.41, 5.74) is 1.41. The first kappa shape index (κ1) is 22.6. The third kappa shape index (κ3) is 4.97. The highest BCUT2D eigenvalue weighted by molar-refractivity contribution is 5.93. The first-order chi connectivity index (χ1) is 14.9. The molecule has 2 aromatic rings. The van der Waals surface area contributed by atoms with Crippen molar-refractivity contribution in [3.05, 3.63) is 83.1 Å². The van der Waals surface area contributed by atoms with Crippen molar-refractivity contribution < 1.29 is 24.2 Å². The first-order valence-electron chi connectivity index (χ1n) is 10.3. The summed E-state index contributed by atoms with van der Waals surface area (Å²) in [5, 5.41) is 14.6. The molecule has 164 valence electrons. The molecule has 3 atom stereocenters. The second-order valence-corrected chi connectivity index (χ2v) is 7.97. The number of methoxy groups -OCH3 is 2. The molecule has 0 amide bonds. The number of hydrogen-bond acceptors (Lipinski definition) is 6. The molecule has 2 aromatic carbocycles. The van der Waals surface area contributed by atoms with Gasteiger partial charge < -0.3 is 19.9 Å². The number of hydrogen-bond donors (Lipinski definition) is 2. The van der Waals surface area contributed by atoms with E-state index in [0.717, 1.165) is 17.5 Å². The highest BCUT2D eigenvalue weighted by Crippen LogP contribution is 2.47. The molecular formula is C25H29NO5. The standard InChI is InChI=1S/C25H29NO5/c1-25(29)16-19(26-15-14-17-10-6-4-7-11-17)21(23(27)30-2)20(22(25)24(28)31-3)18-12-8-5-9-13-18/h4-13,20,22,26,29H,14-16H2,1-3H3/t20-,22-,25-/m0/s1. The minimum atomic E-state index is -1.42. The Morgan fingerprint density at radius 1 is 1.03 bits per heavy atom. The molecule has 3 rings (SSSR count). The van der Waals surface area contributed by atoms with Crippen molar-refractivity contribution in [2.45, 2.75) is 31.3 Å². The molecule has 0 aromatic heterocycles. The van der Waals surface area contributed by atoms with Crippen LogP contribution in [0.15, 0.2) is 71.9 Å². The van der Waals surface area contributed by atoms with Crippen LogP contribution in [-0.4, -0.2) is 43.4 Å². The zero-order valence-corrected chi connectivity index (χ0v) is 18.1. The fourth-order valence-electron chi connectivity index (χ4n) is 4.33. The molecule has 31 heavy (non-hydrogen) atoms. The van der Waals surface area contributed by atoms with E-state index >= 15 is 0 Å². The van der Waals surface area contributed by atoms with Crippen LogP contribution in [0.3, 0.4) is 0 Å². The predicted octanol–water partition coefficient (Wildman–Crippen LogP) is 2.97. The summed E-state index contributed by atoms with van der Waals surface area (Å²) in [5.74, 6) is -2.75. The molecule has 0 radical (unpaired) electrons. The van der Waals surface area contributed by atoms with Gasteiger partial charge in [-0.1, -0.05) is 60.7 Å². The van der Waals surface area contributed by atoms with Crippen LogP contribution in [0.2, 0.25) is 0 Å². The molecule has 1 aliphatic carbocycles. The number of ether oxygens (including phenoxy) is 2. The summed E-state index contributed by atoms with van der Waals surface area (Å²) in [6, 6.07) is 19.2. The lowest BCUT2D eigenvalue weighted by atomic mass is 9.66. The van der Waals surface area contributed by atoms with Crippen molar-refractivity contribution in [1.29, 1.82) is 0 Å². The molecule has 2 N–H and O–H groups in total. The lowest BCUT2D eigenvalue weighted by Gasteiger charge is -2.42. The van der Waals surface area contributed by atoms with Crippen LogP contribution < -0.4 is 5.32 Å². The van der Waals surface area contributed by atoms with Crippen molar-refractivity contribution >= 4 is 11.9 Å². The number of benzene rings is 2. The molecule has 1 aliphatic rings. The first-order valence-corrected chi connectivity index (χ1v) is 10.3. The van der Waals surface area contributed by atoms with Crippen molar-refractivity contribution in [2.75, 3.05) is 20.8 Å². The number of carbonyl (C=O) groups is 2. The molecule has 0 heterocycles. The van der Waals surface area contributed by atoms with Gasteiger partial charge in [-0.25, -0.2) is 4.79 Å². The SMILES string of the molecule is COC(=O)C1=C(NCCc2ccccc2)C[C@](C)(O)[C@H](C(=O)OC)[C@H]1c1ccccc1. The van der Waals surface area contributed by atoms with E-state index in [4.69, 9.17) is 9.47 Å². The minimum absolute atomic E-state index is 0.106. The van der Waals surface area contributed by atoms with E-state index in [0.29, 0.717) is 17.8 Å². The van der Waals surface area contributed by atoms with Crippen molar-refractivity contribution in [1.82, 2.24) is 5.32 Å². The molecular weight excluding hydrogens is 394 g/mol. The Labute approximate surface area is 182 Å².